The molecule has 20 heavy (non-hydrogen) atoms. The Morgan fingerprint density at radius 1 is 1.35 bits per heavy atom. The van der Waals surface area contributed by atoms with E-state index in [9.17, 15) is 20.0 Å². The van der Waals surface area contributed by atoms with Gasteiger partial charge in [-0.3, -0.25) is 14.9 Å². The second-order valence-electron chi connectivity index (χ2n) is 4.90. The lowest BCUT2D eigenvalue weighted by Gasteiger charge is -2.26. The van der Waals surface area contributed by atoms with E-state index in [2.05, 4.69) is 21.2 Å². The highest BCUT2D eigenvalue weighted by Gasteiger charge is 2.22. The molecule has 0 radical (unpaired) electrons. The van der Waals surface area contributed by atoms with Crippen molar-refractivity contribution < 1.29 is 14.8 Å². The Kier molecular flexibility index (Phi) is 4.72. The first kappa shape index (κ1) is 14.9. The van der Waals surface area contributed by atoms with Gasteiger partial charge in [-0.1, -0.05) is 0 Å². The summed E-state index contributed by atoms with van der Waals surface area (Å²) < 4.78 is 0.347. The number of carbonyl (C=O) groups is 1. The number of amides is 1. The second-order valence-corrected chi connectivity index (χ2v) is 5.76. The summed E-state index contributed by atoms with van der Waals surface area (Å²) in [6, 6.07) is 4.33. The first-order valence-electron chi connectivity index (χ1n) is 6.40. The molecule has 1 amide bonds. The van der Waals surface area contributed by atoms with Gasteiger partial charge in [-0.2, -0.15) is 0 Å². The molecule has 2 rings (SSSR count). The van der Waals surface area contributed by atoms with Crippen molar-refractivity contribution in [2.45, 2.75) is 37.8 Å². The minimum atomic E-state index is -0.530. The number of carbonyl (C=O) groups excluding carboxylic acids is 1. The van der Waals surface area contributed by atoms with Gasteiger partial charge in [0.1, 0.15) is 0 Å². The van der Waals surface area contributed by atoms with Crippen LogP contribution in [-0.4, -0.2) is 28.1 Å². The van der Waals surface area contributed by atoms with Gasteiger partial charge in [0.2, 0.25) is 0 Å². The van der Waals surface area contributed by atoms with Gasteiger partial charge in [-0.25, -0.2) is 0 Å². The smallest absolute Gasteiger partial charge is 0.284 e. The number of nitrogens with one attached hydrogen (secondary N) is 1. The number of nitrogens with zero attached hydrogens (tertiary/aromatic N) is 1. The van der Waals surface area contributed by atoms with Crippen molar-refractivity contribution in [1.29, 1.82) is 0 Å². The zero-order valence-corrected chi connectivity index (χ0v) is 12.3. The van der Waals surface area contributed by atoms with Crippen molar-refractivity contribution in [2.75, 3.05) is 0 Å². The van der Waals surface area contributed by atoms with Gasteiger partial charge in [-0.05, 0) is 53.7 Å². The number of benzene rings is 1. The third kappa shape index (κ3) is 3.55. The predicted molar refractivity (Wildman–Crippen MR) is 76.5 cm³/mol. The van der Waals surface area contributed by atoms with E-state index < -0.39 is 4.92 Å². The number of halogens is 1. The summed E-state index contributed by atoms with van der Waals surface area (Å²) in [6.07, 6.45) is 2.52. The van der Waals surface area contributed by atoms with Gasteiger partial charge in [0.05, 0.1) is 15.5 Å². The van der Waals surface area contributed by atoms with Crippen molar-refractivity contribution in [3.63, 3.8) is 0 Å². The van der Waals surface area contributed by atoms with Crippen LogP contribution in [0.5, 0.6) is 0 Å². The number of aliphatic hydroxyl groups is 1. The minimum absolute atomic E-state index is 0.0219. The Labute approximate surface area is 124 Å². The summed E-state index contributed by atoms with van der Waals surface area (Å²) in [5.74, 6) is -0.318. The number of aliphatic hydroxyl groups excluding tert-OH is 1. The third-order valence-electron chi connectivity index (χ3n) is 3.44. The van der Waals surface area contributed by atoms with Crippen LogP contribution in [0.4, 0.5) is 5.69 Å². The van der Waals surface area contributed by atoms with Gasteiger partial charge in [0.15, 0.2) is 0 Å². The number of hydrogen-bond donors (Lipinski definition) is 2. The van der Waals surface area contributed by atoms with E-state index in [1.165, 1.54) is 12.1 Å². The Balaban J connectivity index is 2.06. The van der Waals surface area contributed by atoms with Crippen LogP contribution >= 0.6 is 15.9 Å². The number of nitro groups is 1. The van der Waals surface area contributed by atoms with Crippen LogP contribution in [0.15, 0.2) is 22.7 Å². The van der Waals surface area contributed by atoms with E-state index in [4.69, 9.17) is 0 Å². The van der Waals surface area contributed by atoms with Crippen LogP contribution in [0.25, 0.3) is 0 Å². The van der Waals surface area contributed by atoms with Crippen molar-refractivity contribution in [3.8, 4) is 0 Å². The first-order chi connectivity index (χ1) is 9.47. The molecule has 1 saturated carbocycles. The molecule has 1 aromatic carbocycles. The number of rotatable bonds is 3. The average molecular weight is 343 g/mol. The summed E-state index contributed by atoms with van der Waals surface area (Å²) in [5.41, 5.74) is 0.141. The van der Waals surface area contributed by atoms with Crippen molar-refractivity contribution >= 4 is 27.5 Å². The van der Waals surface area contributed by atoms with Crippen LogP contribution in [-0.2, 0) is 0 Å². The molecule has 0 saturated heterocycles. The van der Waals surface area contributed by atoms with Crippen LogP contribution < -0.4 is 5.32 Å². The zero-order chi connectivity index (χ0) is 14.7. The van der Waals surface area contributed by atoms with Crippen LogP contribution in [0.2, 0.25) is 0 Å². The third-order valence-corrected chi connectivity index (χ3v) is 4.11. The standard InChI is InChI=1S/C13H15BrN2O4/c14-11-6-1-8(7-12(11)16(19)20)13(18)15-9-2-4-10(17)5-3-9/h1,6-7,9-10,17H,2-5H2,(H,15,18). The summed E-state index contributed by atoms with van der Waals surface area (Å²) >= 11 is 3.08. The van der Waals surface area contributed by atoms with Crippen molar-refractivity contribution in [3.05, 3.63) is 38.3 Å². The maximum absolute atomic E-state index is 12.1. The Morgan fingerprint density at radius 3 is 2.60 bits per heavy atom. The van der Waals surface area contributed by atoms with Crippen molar-refractivity contribution in [1.82, 2.24) is 5.32 Å². The molecule has 1 fully saturated rings. The van der Waals surface area contributed by atoms with Gasteiger partial charge in [-0.15, -0.1) is 0 Å². The van der Waals surface area contributed by atoms with Crippen molar-refractivity contribution in [2.24, 2.45) is 0 Å². The Hall–Kier alpha value is -1.47. The second kappa shape index (κ2) is 6.32. The van der Waals surface area contributed by atoms with Gasteiger partial charge in [0.25, 0.3) is 11.6 Å². The van der Waals surface area contributed by atoms with Gasteiger partial charge in [0, 0.05) is 17.7 Å². The molecule has 0 spiro atoms. The SMILES string of the molecule is O=C(NC1CCC(O)CC1)c1ccc(Br)c([N+](=O)[O-])c1. The van der Waals surface area contributed by atoms with E-state index in [-0.39, 0.29) is 29.3 Å². The number of nitro benzene ring substituents is 1. The van der Waals surface area contributed by atoms with Crippen LogP contribution in [0.1, 0.15) is 36.0 Å². The van der Waals surface area contributed by atoms with E-state index in [1.54, 1.807) is 6.07 Å². The van der Waals surface area contributed by atoms with E-state index in [1.807, 2.05) is 0 Å². The fourth-order valence-corrected chi connectivity index (χ4v) is 2.67. The predicted octanol–water partition coefficient (Wildman–Crippen LogP) is 2.39. The number of hydrogen-bond acceptors (Lipinski definition) is 4. The molecule has 0 bridgehead atoms. The molecule has 0 aromatic heterocycles. The normalized spacial score (nSPS) is 22.3. The summed E-state index contributed by atoms with van der Waals surface area (Å²) in [7, 11) is 0. The van der Waals surface area contributed by atoms with E-state index in [0.29, 0.717) is 17.3 Å². The minimum Gasteiger partial charge on any atom is -0.393 e. The highest BCUT2D eigenvalue weighted by atomic mass is 79.9. The first-order valence-corrected chi connectivity index (χ1v) is 7.19. The highest BCUT2D eigenvalue weighted by Crippen LogP contribution is 2.26. The van der Waals surface area contributed by atoms with E-state index in [0.717, 1.165) is 12.8 Å². The summed E-state index contributed by atoms with van der Waals surface area (Å²) in [4.78, 5) is 22.4. The fourth-order valence-electron chi connectivity index (χ4n) is 2.28. The molecule has 0 atom stereocenters. The molecule has 1 aliphatic rings. The van der Waals surface area contributed by atoms with E-state index >= 15 is 0 Å². The maximum Gasteiger partial charge on any atom is 0.284 e. The summed E-state index contributed by atoms with van der Waals surface area (Å²) in [6.45, 7) is 0. The molecule has 0 unspecified atom stereocenters. The van der Waals surface area contributed by atoms with Gasteiger partial charge < -0.3 is 10.4 Å². The Bertz CT molecular complexity index is 527. The molecule has 7 heteroatoms. The Morgan fingerprint density at radius 2 is 2.00 bits per heavy atom. The quantitative estimate of drug-likeness (QED) is 0.651. The molecule has 1 aromatic rings. The molecule has 1 aliphatic carbocycles. The molecule has 6 nitrogen and oxygen atoms in total. The molecule has 0 heterocycles. The highest BCUT2D eigenvalue weighted by molar-refractivity contribution is 9.10. The fraction of sp³-hybridized carbons (Fsp3) is 0.462. The monoisotopic (exact) mass is 342 g/mol. The largest absolute Gasteiger partial charge is 0.393 e. The summed E-state index contributed by atoms with van der Waals surface area (Å²) in [5, 5.41) is 23.1. The molecular weight excluding hydrogens is 328 g/mol. The lowest BCUT2D eigenvalue weighted by Crippen LogP contribution is -2.38. The molecule has 2 N–H and O–H groups in total. The lowest BCUT2D eigenvalue weighted by molar-refractivity contribution is -0.385. The van der Waals surface area contributed by atoms with Crippen LogP contribution in [0, 0.1) is 10.1 Å². The molecule has 0 aliphatic heterocycles. The van der Waals surface area contributed by atoms with Gasteiger partial charge >= 0.3 is 0 Å². The lowest BCUT2D eigenvalue weighted by atomic mass is 9.93. The zero-order valence-electron chi connectivity index (χ0n) is 10.7. The topological polar surface area (TPSA) is 92.5 Å². The molecular formula is C13H15BrN2O4. The maximum atomic E-state index is 12.1. The average Bonchev–Trinajstić information content (AvgIpc) is 2.41. The molecule has 108 valence electrons. The van der Waals surface area contributed by atoms with Crippen LogP contribution in [0.3, 0.4) is 0 Å².